The molecule has 0 unspecified atom stereocenters. The Hall–Kier alpha value is -1.02. The van der Waals surface area contributed by atoms with Gasteiger partial charge in [0, 0.05) is 0 Å². The van der Waals surface area contributed by atoms with Gasteiger partial charge in [-0.25, -0.2) is 0 Å². The van der Waals surface area contributed by atoms with Crippen LogP contribution in [0.25, 0.3) is 0 Å². The molecule has 1 N–H and O–H groups in total. The lowest BCUT2D eigenvalue weighted by Gasteiger charge is -2.14. The number of hydrogen-bond acceptors (Lipinski definition) is 2. The van der Waals surface area contributed by atoms with E-state index in [0.717, 1.165) is 25.3 Å². The van der Waals surface area contributed by atoms with E-state index in [4.69, 9.17) is 4.74 Å². The molecule has 1 rings (SSSR count). The SMILES string of the molecule is CCCNCCc1ccccc1OC(C)C. The molecule has 0 atom stereocenters. The number of nitrogens with one attached hydrogen (secondary N) is 1. The number of ether oxygens (including phenoxy) is 1. The summed E-state index contributed by atoms with van der Waals surface area (Å²) < 4.78 is 5.77. The van der Waals surface area contributed by atoms with Gasteiger partial charge in [-0.2, -0.15) is 0 Å². The summed E-state index contributed by atoms with van der Waals surface area (Å²) in [5, 5.41) is 3.41. The van der Waals surface area contributed by atoms with E-state index < -0.39 is 0 Å². The van der Waals surface area contributed by atoms with Crippen molar-refractivity contribution in [1.29, 1.82) is 0 Å². The van der Waals surface area contributed by atoms with Crippen LogP contribution in [0.5, 0.6) is 5.75 Å². The molecule has 0 aliphatic carbocycles. The van der Waals surface area contributed by atoms with Crippen molar-refractivity contribution in [2.24, 2.45) is 0 Å². The van der Waals surface area contributed by atoms with Crippen molar-refractivity contribution < 1.29 is 4.74 Å². The summed E-state index contributed by atoms with van der Waals surface area (Å²) in [6.45, 7) is 8.42. The number of rotatable bonds is 7. The van der Waals surface area contributed by atoms with Crippen molar-refractivity contribution >= 4 is 0 Å². The van der Waals surface area contributed by atoms with E-state index >= 15 is 0 Å². The molecule has 0 aromatic heterocycles. The van der Waals surface area contributed by atoms with Gasteiger partial charge in [0.05, 0.1) is 6.10 Å². The first kappa shape index (κ1) is 13.0. The first-order valence-corrected chi connectivity index (χ1v) is 6.19. The molecule has 16 heavy (non-hydrogen) atoms. The molecule has 1 aromatic carbocycles. The van der Waals surface area contributed by atoms with Crippen molar-refractivity contribution in [3.8, 4) is 5.75 Å². The summed E-state index contributed by atoms with van der Waals surface area (Å²) in [5.41, 5.74) is 1.29. The van der Waals surface area contributed by atoms with E-state index in [1.807, 2.05) is 6.07 Å². The smallest absolute Gasteiger partial charge is 0.122 e. The van der Waals surface area contributed by atoms with Crippen molar-refractivity contribution in [1.82, 2.24) is 5.32 Å². The van der Waals surface area contributed by atoms with E-state index in [9.17, 15) is 0 Å². The Morgan fingerprint density at radius 2 is 1.94 bits per heavy atom. The van der Waals surface area contributed by atoms with Crippen LogP contribution in [0.4, 0.5) is 0 Å². The maximum atomic E-state index is 5.77. The second-order valence-electron chi connectivity index (χ2n) is 4.27. The molecule has 1 aromatic rings. The van der Waals surface area contributed by atoms with Crippen molar-refractivity contribution in [2.45, 2.75) is 39.7 Å². The van der Waals surface area contributed by atoms with E-state index in [0.29, 0.717) is 0 Å². The summed E-state index contributed by atoms with van der Waals surface area (Å²) in [6.07, 6.45) is 2.46. The Labute approximate surface area is 99.0 Å². The maximum absolute atomic E-state index is 5.77. The zero-order valence-corrected chi connectivity index (χ0v) is 10.6. The largest absolute Gasteiger partial charge is 0.491 e. The van der Waals surface area contributed by atoms with Crippen LogP contribution in [0.15, 0.2) is 24.3 Å². The van der Waals surface area contributed by atoms with Gasteiger partial charge in [-0.05, 0) is 51.4 Å². The van der Waals surface area contributed by atoms with E-state index in [2.05, 4.69) is 44.3 Å². The normalized spacial score (nSPS) is 10.8. The summed E-state index contributed by atoms with van der Waals surface area (Å²) in [5.74, 6) is 1.02. The third-order valence-electron chi connectivity index (χ3n) is 2.33. The quantitative estimate of drug-likeness (QED) is 0.715. The summed E-state index contributed by atoms with van der Waals surface area (Å²) in [4.78, 5) is 0. The topological polar surface area (TPSA) is 21.3 Å². The van der Waals surface area contributed by atoms with Gasteiger partial charge in [-0.15, -0.1) is 0 Å². The average molecular weight is 221 g/mol. The van der Waals surface area contributed by atoms with Gasteiger partial charge in [0.25, 0.3) is 0 Å². The molecule has 0 saturated heterocycles. The van der Waals surface area contributed by atoms with E-state index in [-0.39, 0.29) is 6.10 Å². The summed E-state index contributed by atoms with van der Waals surface area (Å²) in [6, 6.07) is 8.30. The van der Waals surface area contributed by atoms with Crippen LogP contribution in [0, 0.1) is 0 Å². The summed E-state index contributed by atoms with van der Waals surface area (Å²) in [7, 11) is 0. The lowest BCUT2D eigenvalue weighted by atomic mass is 10.1. The molecule has 0 amide bonds. The monoisotopic (exact) mass is 221 g/mol. The predicted octanol–water partition coefficient (Wildman–Crippen LogP) is 3.02. The van der Waals surface area contributed by atoms with Crippen LogP contribution in [-0.4, -0.2) is 19.2 Å². The molecule has 90 valence electrons. The molecule has 0 fully saturated rings. The lowest BCUT2D eigenvalue weighted by molar-refractivity contribution is 0.240. The third-order valence-corrected chi connectivity index (χ3v) is 2.33. The molecule has 0 heterocycles. The van der Waals surface area contributed by atoms with E-state index in [1.54, 1.807) is 0 Å². The Morgan fingerprint density at radius 3 is 2.62 bits per heavy atom. The lowest BCUT2D eigenvalue weighted by Crippen LogP contribution is -2.18. The highest BCUT2D eigenvalue weighted by Crippen LogP contribution is 2.19. The molecule has 2 nitrogen and oxygen atoms in total. The number of hydrogen-bond donors (Lipinski definition) is 1. The van der Waals surface area contributed by atoms with Crippen LogP contribution < -0.4 is 10.1 Å². The standard InChI is InChI=1S/C14H23NO/c1-4-10-15-11-9-13-7-5-6-8-14(13)16-12(2)3/h5-8,12,15H,4,9-11H2,1-3H3. The molecule has 0 bridgehead atoms. The van der Waals surface area contributed by atoms with Crippen LogP contribution in [0.1, 0.15) is 32.8 Å². The Morgan fingerprint density at radius 1 is 1.19 bits per heavy atom. The van der Waals surface area contributed by atoms with Crippen LogP contribution in [-0.2, 0) is 6.42 Å². The third kappa shape index (κ3) is 4.67. The van der Waals surface area contributed by atoms with E-state index in [1.165, 1.54) is 12.0 Å². The second kappa shape index (κ2) is 7.29. The number of para-hydroxylation sites is 1. The first-order valence-electron chi connectivity index (χ1n) is 6.19. The summed E-state index contributed by atoms with van der Waals surface area (Å²) >= 11 is 0. The van der Waals surface area contributed by atoms with Gasteiger partial charge in [0.15, 0.2) is 0 Å². The Kier molecular flexibility index (Phi) is 5.94. The fraction of sp³-hybridized carbons (Fsp3) is 0.571. The van der Waals surface area contributed by atoms with Crippen molar-refractivity contribution in [3.05, 3.63) is 29.8 Å². The van der Waals surface area contributed by atoms with Gasteiger partial charge < -0.3 is 10.1 Å². The zero-order valence-electron chi connectivity index (χ0n) is 10.6. The highest BCUT2D eigenvalue weighted by Gasteiger charge is 2.03. The molecule has 0 aliphatic rings. The second-order valence-corrected chi connectivity index (χ2v) is 4.27. The minimum Gasteiger partial charge on any atom is -0.491 e. The highest BCUT2D eigenvalue weighted by atomic mass is 16.5. The molecular weight excluding hydrogens is 198 g/mol. The molecule has 0 saturated carbocycles. The molecular formula is C14H23NO. The predicted molar refractivity (Wildman–Crippen MR) is 69.1 cm³/mol. The zero-order chi connectivity index (χ0) is 11.8. The van der Waals surface area contributed by atoms with Crippen LogP contribution in [0.2, 0.25) is 0 Å². The molecule has 2 heteroatoms. The van der Waals surface area contributed by atoms with Gasteiger partial charge in [0.1, 0.15) is 5.75 Å². The highest BCUT2D eigenvalue weighted by molar-refractivity contribution is 5.33. The Bertz CT molecular complexity index is 297. The maximum Gasteiger partial charge on any atom is 0.122 e. The molecule has 0 aliphatic heterocycles. The van der Waals surface area contributed by atoms with Gasteiger partial charge in [0.2, 0.25) is 0 Å². The van der Waals surface area contributed by atoms with Gasteiger partial charge >= 0.3 is 0 Å². The van der Waals surface area contributed by atoms with Crippen LogP contribution >= 0.6 is 0 Å². The van der Waals surface area contributed by atoms with Gasteiger partial charge in [-0.3, -0.25) is 0 Å². The molecule has 0 radical (unpaired) electrons. The Balaban J connectivity index is 2.50. The van der Waals surface area contributed by atoms with Crippen LogP contribution in [0.3, 0.4) is 0 Å². The van der Waals surface area contributed by atoms with Crippen molar-refractivity contribution in [2.75, 3.05) is 13.1 Å². The fourth-order valence-electron chi connectivity index (χ4n) is 1.60. The molecule has 0 spiro atoms. The fourth-order valence-corrected chi connectivity index (χ4v) is 1.60. The van der Waals surface area contributed by atoms with Crippen molar-refractivity contribution in [3.63, 3.8) is 0 Å². The number of benzene rings is 1. The van der Waals surface area contributed by atoms with Gasteiger partial charge in [-0.1, -0.05) is 25.1 Å². The first-order chi connectivity index (χ1) is 7.74. The average Bonchev–Trinajstić information content (AvgIpc) is 2.26. The minimum absolute atomic E-state index is 0.241. The minimum atomic E-state index is 0.241.